The predicted octanol–water partition coefficient (Wildman–Crippen LogP) is 0.811. The van der Waals surface area contributed by atoms with Crippen LogP contribution < -0.4 is 5.69 Å². The Labute approximate surface area is 105 Å². The molecule has 0 atom stereocenters. The summed E-state index contributed by atoms with van der Waals surface area (Å²) in [4.78, 5) is 11.9. The molecule has 1 aromatic carbocycles. The molecule has 0 N–H and O–H groups in total. The van der Waals surface area contributed by atoms with E-state index < -0.39 is 0 Å². The van der Waals surface area contributed by atoms with Gasteiger partial charge in [0, 0.05) is 19.2 Å². The van der Waals surface area contributed by atoms with E-state index in [-0.39, 0.29) is 5.69 Å². The molecule has 6 heteroatoms. The largest absolute Gasteiger partial charge is 0.377 e. The zero-order valence-electron chi connectivity index (χ0n) is 10.8. The normalized spacial score (nSPS) is 10.8. The summed E-state index contributed by atoms with van der Waals surface area (Å²) in [6, 6.07) is 5.72. The fourth-order valence-electron chi connectivity index (χ4n) is 1.74. The predicted molar refractivity (Wildman–Crippen MR) is 66.7 cm³/mol. The molecular formula is C12H16N4O2. The molecule has 0 amide bonds. The maximum Gasteiger partial charge on any atom is 0.368 e. The van der Waals surface area contributed by atoms with Crippen LogP contribution in [0.15, 0.2) is 23.0 Å². The highest BCUT2D eigenvalue weighted by atomic mass is 16.5. The van der Waals surface area contributed by atoms with Gasteiger partial charge >= 0.3 is 5.69 Å². The molecule has 1 heterocycles. The molecule has 2 rings (SSSR count). The molecule has 2 aromatic rings. The van der Waals surface area contributed by atoms with E-state index in [1.54, 1.807) is 7.05 Å². The lowest BCUT2D eigenvalue weighted by molar-refractivity contribution is 0.133. The van der Waals surface area contributed by atoms with Crippen LogP contribution in [0.1, 0.15) is 18.1 Å². The van der Waals surface area contributed by atoms with Crippen molar-refractivity contribution in [2.75, 3.05) is 6.61 Å². The van der Waals surface area contributed by atoms with Crippen molar-refractivity contribution < 1.29 is 4.74 Å². The van der Waals surface area contributed by atoms with Gasteiger partial charge in [0.05, 0.1) is 12.3 Å². The lowest BCUT2D eigenvalue weighted by Gasteiger charge is -2.11. The van der Waals surface area contributed by atoms with Crippen molar-refractivity contribution in [3.63, 3.8) is 0 Å². The minimum absolute atomic E-state index is 0.265. The summed E-state index contributed by atoms with van der Waals surface area (Å²) in [5.41, 5.74) is 2.49. The molecule has 0 spiro atoms. The summed E-state index contributed by atoms with van der Waals surface area (Å²) in [6.07, 6.45) is 0. The zero-order chi connectivity index (χ0) is 13.1. The van der Waals surface area contributed by atoms with Gasteiger partial charge in [-0.1, -0.05) is 12.1 Å². The van der Waals surface area contributed by atoms with Crippen LogP contribution in [0.25, 0.3) is 5.69 Å². The number of tetrazole rings is 1. The van der Waals surface area contributed by atoms with Gasteiger partial charge in [-0.25, -0.2) is 4.79 Å². The monoisotopic (exact) mass is 248 g/mol. The van der Waals surface area contributed by atoms with Crippen molar-refractivity contribution in [3.8, 4) is 5.69 Å². The first-order valence-corrected chi connectivity index (χ1v) is 5.80. The summed E-state index contributed by atoms with van der Waals surface area (Å²) in [6.45, 7) is 5.01. The highest BCUT2D eigenvalue weighted by Gasteiger charge is 2.12. The van der Waals surface area contributed by atoms with Crippen LogP contribution >= 0.6 is 0 Å². The lowest BCUT2D eigenvalue weighted by atomic mass is 10.1. The first-order valence-electron chi connectivity index (χ1n) is 5.80. The van der Waals surface area contributed by atoms with Crippen molar-refractivity contribution >= 4 is 0 Å². The standard InChI is InChI=1S/C12H16N4O2/c1-4-18-8-10-9(2)6-5-7-11(10)16-12(17)15(3)13-14-16/h5-7H,4,8H2,1-3H3. The average molecular weight is 248 g/mol. The fraction of sp³-hybridized carbons (Fsp3) is 0.417. The summed E-state index contributed by atoms with van der Waals surface area (Å²) in [5.74, 6) is 0. The summed E-state index contributed by atoms with van der Waals surface area (Å²) < 4.78 is 7.93. The van der Waals surface area contributed by atoms with Gasteiger partial charge in [0.2, 0.25) is 0 Å². The van der Waals surface area contributed by atoms with Crippen molar-refractivity contribution in [2.45, 2.75) is 20.5 Å². The SMILES string of the molecule is CCOCc1c(C)cccc1-n1nnn(C)c1=O. The zero-order valence-corrected chi connectivity index (χ0v) is 10.8. The van der Waals surface area contributed by atoms with Gasteiger partial charge in [0.15, 0.2) is 0 Å². The second-order valence-corrected chi connectivity index (χ2v) is 4.01. The molecule has 0 radical (unpaired) electrons. The third kappa shape index (κ3) is 2.19. The Morgan fingerprint density at radius 1 is 1.33 bits per heavy atom. The molecule has 0 unspecified atom stereocenters. The minimum atomic E-state index is -0.265. The second-order valence-electron chi connectivity index (χ2n) is 4.01. The molecule has 0 bridgehead atoms. The van der Waals surface area contributed by atoms with Gasteiger partial charge in [0.1, 0.15) is 0 Å². The van der Waals surface area contributed by atoms with Gasteiger partial charge in [-0.3, -0.25) is 0 Å². The fourth-order valence-corrected chi connectivity index (χ4v) is 1.74. The highest BCUT2D eigenvalue weighted by Crippen LogP contribution is 2.17. The minimum Gasteiger partial charge on any atom is -0.377 e. The molecule has 0 aliphatic carbocycles. The van der Waals surface area contributed by atoms with E-state index in [4.69, 9.17) is 4.74 Å². The lowest BCUT2D eigenvalue weighted by Crippen LogP contribution is -2.23. The van der Waals surface area contributed by atoms with E-state index in [9.17, 15) is 4.79 Å². The molecule has 0 saturated heterocycles. The number of nitrogens with zero attached hydrogens (tertiary/aromatic N) is 4. The molecule has 0 saturated carbocycles. The summed E-state index contributed by atoms with van der Waals surface area (Å²) in [7, 11) is 1.57. The van der Waals surface area contributed by atoms with Crippen molar-refractivity contribution in [1.29, 1.82) is 0 Å². The van der Waals surface area contributed by atoms with Gasteiger partial charge in [-0.05, 0) is 35.9 Å². The molecule has 6 nitrogen and oxygen atoms in total. The number of rotatable bonds is 4. The van der Waals surface area contributed by atoms with Gasteiger partial charge in [-0.2, -0.15) is 9.36 Å². The first-order chi connectivity index (χ1) is 8.65. The topological polar surface area (TPSA) is 61.9 Å². The van der Waals surface area contributed by atoms with E-state index >= 15 is 0 Å². The van der Waals surface area contributed by atoms with Crippen LogP contribution in [-0.4, -0.2) is 26.4 Å². The van der Waals surface area contributed by atoms with Crippen LogP contribution in [0.3, 0.4) is 0 Å². The van der Waals surface area contributed by atoms with Crippen LogP contribution in [0.5, 0.6) is 0 Å². The third-order valence-electron chi connectivity index (χ3n) is 2.79. The van der Waals surface area contributed by atoms with E-state index in [2.05, 4.69) is 10.4 Å². The van der Waals surface area contributed by atoms with E-state index in [1.165, 1.54) is 9.36 Å². The van der Waals surface area contributed by atoms with Crippen LogP contribution in [-0.2, 0) is 18.4 Å². The molecular weight excluding hydrogens is 232 g/mol. The average Bonchev–Trinajstić information content (AvgIpc) is 2.68. The summed E-state index contributed by atoms with van der Waals surface area (Å²) >= 11 is 0. The second kappa shape index (κ2) is 5.14. The number of ether oxygens (including phenoxy) is 1. The maximum atomic E-state index is 11.9. The molecule has 0 aliphatic rings. The van der Waals surface area contributed by atoms with Crippen LogP contribution in [0, 0.1) is 6.92 Å². The molecule has 18 heavy (non-hydrogen) atoms. The van der Waals surface area contributed by atoms with Gasteiger partial charge < -0.3 is 4.74 Å². The van der Waals surface area contributed by atoms with E-state index in [1.807, 2.05) is 32.0 Å². The smallest absolute Gasteiger partial charge is 0.368 e. The first kappa shape index (κ1) is 12.5. The number of aryl methyl sites for hydroxylation is 2. The highest BCUT2D eigenvalue weighted by molar-refractivity contribution is 5.44. The quantitative estimate of drug-likeness (QED) is 0.803. The Hall–Kier alpha value is -1.95. The Morgan fingerprint density at radius 3 is 2.72 bits per heavy atom. The van der Waals surface area contributed by atoms with Crippen molar-refractivity contribution in [1.82, 2.24) is 19.8 Å². The Bertz CT molecular complexity index is 600. The summed E-state index contributed by atoms with van der Waals surface area (Å²) in [5, 5.41) is 7.58. The van der Waals surface area contributed by atoms with Crippen LogP contribution in [0.4, 0.5) is 0 Å². The number of hydrogen-bond donors (Lipinski definition) is 0. The Kier molecular flexibility index (Phi) is 3.57. The molecule has 1 aromatic heterocycles. The van der Waals surface area contributed by atoms with Crippen molar-refractivity contribution in [3.05, 3.63) is 39.8 Å². The number of aromatic nitrogens is 4. The van der Waals surface area contributed by atoms with Gasteiger partial charge in [-0.15, -0.1) is 0 Å². The number of hydrogen-bond acceptors (Lipinski definition) is 4. The maximum absolute atomic E-state index is 11.9. The van der Waals surface area contributed by atoms with Gasteiger partial charge in [0.25, 0.3) is 0 Å². The molecule has 0 fully saturated rings. The Morgan fingerprint density at radius 2 is 2.11 bits per heavy atom. The Balaban J connectivity index is 2.53. The number of benzene rings is 1. The van der Waals surface area contributed by atoms with E-state index in [0.717, 1.165) is 16.8 Å². The third-order valence-corrected chi connectivity index (χ3v) is 2.79. The van der Waals surface area contributed by atoms with E-state index in [0.29, 0.717) is 13.2 Å². The van der Waals surface area contributed by atoms with Crippen LogP contribution in [0.2, 0.25) is 0 Å². The molecule has 0 aliphatic heterocycles. The molecule has 96 valence electrons. The van der Waals surface area contributed by atoms with Crippen molar-refractivity contribution in [2.24, 2.45) is 7.05 Å².